The molecule has 7 nitrogen and oxygen atoms in total. The van der Waals surface area contributed by atoms with E-state index in [4.69, 9.17) is 4.42 Å². The molecule has 18 heavy (non-hydrogen) atoms. The van der Waals surface area contributed by atoms with Crippen molar-refractivity contribution in [1.29, 1.82) is 0 Å². The van der Waals surface area contributed by atoms with Gasteiger partial charge in [-0.3, -0.25) is 0 Å². The summed E-state index contributed by atoms with van der Waals surface area (Å²) in [5.74, 6) is 0.123. The number of hydrogen-bond donors (Lipinski definition) is 1. The Morgan fingerprint density at radius 2 is 2.28 bits per heavy atom. The van der Waals surface area contributed by atoms with Gasteiger partial charge in [0.25, 0.3) is 0 Å². The van der Waals surface area contributed by atoms with E-state index in [0.717, 1.165) is 11.3 Å². The van der Waals surface area contributed by atoms with Gasteiger partial charge in [-0.1, -0.05) is 6.92 Å². The predicted octanol–water partition coefficient (Wildman–Crippen LogP) is 1.32. The van der Waals surface area contributed by atoms with Crippen LogP contribution in [0.1, 0.15) is 26.5 Å². The molecule has 0 saturated carbocycles. The minimum Gasteiger partial charge on any atom is -0.479 e. The van der Waals surface area contributed by atoms with Gasteiger partial charge >= 0.3 is 5.97 Å². The van der Waals surface area contributed by atoms with Crippen LogP contribution in [0.5, 0.6) is 0 Å². The number of aliphatic carboxylic acids is 1. The molecular formula is C11H14N4O3. The molecule has 0 radical (unpaired) electrons. The van der Waals surface area contributed by atoms with Gasteiger partial charge < -0.3 is 9.52 Å². The molecule has 0 fully saturated rings. The summed E-state index contributed by atoms with van der Waals surface area (Å²) in [6.45, 7) is 5.03. The second-order valence-electron chi connectivity index (χ2n) is 4.39. The quantitative estimate of drug-likeness (QED) is 0.879. The topological polar surface area (TPSA) is 94.0 Å². The maximum absolute atomic E-state index is 11.3. The molecule has 2 aromatic rings. The van der Waals surface area contributed by atoms with Crippen LogP contribution in [0.3, 0.4) is 0 Å². The van der Waals surface area contributed by atoms with E-state index in [1.165, 1.54) is 4.68 Å². The lowest BCUT2D eigenvalue weighted by Crippen LogP contribution is -2.37. The summed E-state index contributed by atoms with van der Waals surface area (Å²) in [5.41, 5.74) is -0.502. The molecule has 0 atom stereocenters. The molecule has 1 N–H and O–H groups in total. The first-order valence-electron chi connectivity index (χ1n) is 5.57. The molecule has 0 bridgehead atoms. The van der Waals surface area contributed by atoms with Crippen LogP contribution in [-0.4, -0.2) is 31.3 Å². The maximum atomic E-state index is 11.3. The summed E-state index contributed by atoms with van der Waals surface area (Å²) < 4.78 is 6.60. The van der Waals surface area contributed by atoms with E-state index < -0.39 is 11.5 Å². The third kappa shape index (κ3) is 1.77. The van der Waals surface area contributed by atoms with Crippen molar-refractivity contribution in [3.8, 4) is 11.4 Å². The molecular weight excluding hydrogens is 236 g/mol. The van der Waals surface area contributed by atoms with Crippen molar-refractivity contribution in [2.75, 3.05) is 0 Å². The van der Waals surface area contributed by atoms with Gasteiger partial charge in [-0.05, 0) is 30.3 Å². The number of furan rings is 1. The standard InChI is InChI=1S/C11H14N4O3/c1-4-8-7(5-6-18-8)9-12-13-14-15(9)11(2,3)10(16)17/h5-6H,4H2,1-3H3,(H,16,17). The first-order valence-corrected chi connectivity index (χ1v) is 5.57. The highest BCUT2D eigenvalue weighted by Crippen LogP contribution is 2.26. The van der Waals surface area contributed by atoms with Crippen LogP contribution >= 0.6 is 0 Å². The first-order chi connectivity index (χ1) is 8.48. The van der Waals surface area contributed by atoms with Crippen LogP contribution in [0, 0.1) is 0 Å². The summed E-state index contributed by atoms with van der Waals surface area (Å²) in [5, 5.41) is 20.4. The molecule has 0 unspecified atom stereocenters. The zero-order chi connectivity index (χ0) is 13.3. The van der Waals surface area contributed by atoms with Crippen molar-refractivity contribution in [1.82, 2.24) is 20.2 Å². The lowest BCUT2D eigenvalue weighted by molar-refractivity contribution is -0.146. The fraction of sp³-hybridized carbons (Fsp3) is 0.455. The van der Waals surface area contributed by atoms with Gasteiger partial charge in [-0.15, -0.1) is 5.10 Å². The van der Waals surface area contributed by atoms with Crippen molar-refractivity contribution in [3.05, 3.63) is 18.1 Å². The number of nitrogens with zero attached hydrogens (tertiary/aromatic N) is 4. The van der Waals surface area contributed by atoms with Crippen molar-refractivity contribution < 1.29 is 14.3 Å². The van der Waals surface area contributed by atoms with Crippen LogP contribution in [0.4, 0.5) is 0 Å². The number of aromatic nitrogens is 4. The van der Waals surface area contributed by atoms with Crippen LogP contribution in [0.15, 0.2) is 16.7 Å². The number of hydrogen-bond acceptors (Lipinski definition) is 5. The molecule has 0 amide bonds. The summed E-state index contributed by atoms with van der Waals surface area (Å²) >= 11 is 0. The second kappa shape index (κ2) is 4.25. The smallest absolute Gasteiger partial charge is 0.331 e. The number of carbonyl (C=O) groups is 1. The number of aryl methyl sites for hydroxylation is 1. The fourth-order valence-electron chi connectivity index (χ4n) is 1.64. The van der Waals surface area contributed by atoms with Crippen LogP contribution in [0.25, 0.3) is 11.4 Å². The molecule has 0 aromatic carbocycles. The number of rotatable bonds is 4. The Bertz CT molecular complexity index is 570. The summed E-state index contributed by atoms with van der Waals surface area (Å²) in [6, 6.07) is 1.74. The second-order valence-corrected chi connectivity index (χ2v) is 4.39. The molecule has 2 rings (SSSR count). The fourth-order valence-corrected chi connectivity index (χ4v) is 1.64. The average Bonchev–Trinajstić information content (AvgIpc) is 2.96. The van der Waals surface area contributed by atoms with Gasteiger partial charge in [0.1, 0.15) is 5.76 Å². The van der Waals surface area contributed by atoms with Crippen LogP contribution in [-0.2, 0) is 16.8 Å². The van der Waals surface area contributed by atoms with E-state index >= 15 is 0 Å². The van der Waals surface area contributed by atoms with Crippen molar-refractivity contribution >= 4 is 5.97 Å². The molecule has 96 valence electrons. The molecule has 7 heteroatoms. The van der Waals surface area contributed by atoms with E-state index in [9.17, 15) is 9.90 Å². The van der Waals surface area contributed by atoms with E-state index in [0.29, 0.717) is 12.2 Å². The van der Waals surface area contributed by atoms with Crippen LogP contribution < -0.4 is 0 Å². The molecule has 0 aliphatic rings. The van der Waals surface area contributed by atoms with Crippen LogP contribution in [0.2, 0.25) is 0 Å². The first kappa shape index (κ1) is 12.3. The summed E-state index contributed by atoms with van der Waals surface area (Å²) in [7, 11) is 0. The Hall–Kier alpha value is -2.18. The van der Waals surface area contributed by atoms with Gasteiger partial charge in [0.2, 0.25) is 0 Å². The van der Waals surface area contributed by atoms with Gasteiger partial charge in [0.05, 0.1) is 11.8 Å². The number of carboxylic acids is 1. The van der Waals surface area contributed by atoms with Gasteiger partial charge in [0, 0.05) is 6.42 Å². The SMILES string of the molecule is CCc1occc1-c1nnnn1C(C)(C)C(=O)O. The van der Waals surface area contributed by atoms with E-state index in [-0.39, 0.29) is 0 Å². The molecule has 2 heterocycles. The largest absolute Gasteiger partial charge is 0.479 e. The highest BCUT2D eigenvalue weighted by Gasteiger charge is 2.34. The van der Waals surface area contributed by atoms with E-state index in [1.807, 2.05) is 6.92 Å². The Morgan fingerprint density at radius 3 is 2.89 bits per heavy atom. The minimum atomic E-state index is -1.22. The minimum absolute atomic E-state index is 0.396. The van der Waals surface area contributed by atoms with E-state index in [1.54, 1.807) is 26.2 Å². The zero-order valence-corrected chi connectivity index (χ0v) is 10.4. The third-order valence-corrected chi connectivity index (χ3v) is 2.83. The van der Waals surface area contributed by atoms with Crippen molar-refractivity contribution in [2.24, 2.45) is 0 Å². The lowest BCUT2D eigenvalue weighted by atomic mass is 10.1. The Kier molecular flexibility index (Phi) is 2.90. The highest BCUT2D eigenvalue weighted by molar-refractivity contribution is 5.76. The Balaban J connectivity index is 2.55. The molecule has 0 aliphatic heterocycles. The van der Waals surface area contributed by atoms with Gasteiger partial charge in [-0.2, -0.15) is 0 Å². The predicted molar refractivity (Wildman–Crippen MR) is 61.9 cm³/mol. The Morgan fingerprint density at radius 1 is 1.56 bits per heavy atom. The zero-order valence-electron chi connectivity index (χ0n) is 10.4. The monoisotopic (exact) mass is 250 g/mol. The van der Waals surface area contributed by atoms with Gasteiger partial charge in [0.15, 0.2) is 11.4 Å². The average molecular weight is 250 g/mol. The maximum Gasteiger partial charge on any atom is 0.331 e. The normalized spacial score (nSPS) is 11.7. The Labute approximate surface area is 103 Å². The summed E-state index contributed by atoms with van der Waals surface area (Å²) in [4.78, 5) is 11.3. The molecule has 0 saturated heterocycles. The highest BCUT2D eigenvalue weighted by atomic mass is 16.4. The molecule has 0 spiro atoms. The van der Waals surface area contributed by atoms with E-state index in [2.05, 4.69) is 15.5 Å². The summed E-state index contributed by atoms with van der Waals surface area (Å²) in [6.07, 6.45) is 2.23. The third-order valence-electron chi connectivity index (χ3n) is 2.83. The van der Waals surface area contributed by atoms with Crippen molar-refractivity contribution in [3.63, 3.8) is 0 Å². The molecule has 2 aromatic heterocycles. The molecule has 0 aliphatic carbocycles. The van der Waals surface area contributed by atoms with Crippen molar-refractivity contribution in [2.45, 2.75) is 32.7 Å². The lowest BCUT2D eigenvalue weighted by Gasteiger charge is -2.20. The number of carboxylic acid groups (broad SMARTS) is 1. The number of tetrazole rings is 1. The van der Waals surface area contributed by atoms with Gasteiger partial charge in [-0.25, -0.2) is 9.48 Å².